The molecule has 0 unspecified atom stereocenters. The van der Waals surface area contributed by atoms with Crippen LogP contribution in [0.4, 0.5) is 4.39 Å². The number of hydrogen-bond acceptors (Lipinski definition) is 1. The summed E-state index contributed by atoms with van der Waals surface area (Å²) in [5.74, 6) is -0.0226. The molecule has 1 nitrogen and oxygen atoms in total. The average Bonchev–Trinajstić information content (AvgIpc) is 2.75. The van der Waals surface area contributed by atoms with Crippen molar-refractivity contribution in [1.29, 1.82) is 0 Å². The van der Waals surface area contributed by atoms with Gasteiger partial charge in [-0.3, -0.25) is 9.18 Å². The largest absolute Gasteiger partial charge is 0.288 e. The molecule has 0 fully saturated rings. The highest BCUT2D eigenvalue weighted by molar-refractivity contribution is 6.09. The predicted molar refractivity (Wildman–Crippen MR) is 115 cm³/mol. The zero-order valence-corrected chi connectivity index (χ0v) is 16.2. The van der Waals surface area contributed by atoms with Gasteiger partial charge in [0.15, 0.2) is 5.78 Å². The molecule has 28 heavy (non-hydrogen) atoms. The van der Waals surface area contributed by atoms with Crippen LogP contribution in [0.15, 0.2) is 84.1 Å². The van der Waals surface area contributed by atoms with Gasteiger partial charge in [0, 0.05) is 23.1 Å². The molecule has 142 valence electrons. The smallest absolute Gasteiger partial charge is 0.196 e. The second-order valence-electron chi connectivity index (χ2n) is 6.85. The van der Waals surface area contributed by atoms with E-state index in [1.807, 2.05) is 72.8 Å². The van der Waals surface area contributed by atoms with E-state index in [0.717, 1.165) is 34.8 Å². The number of halogens is 1. The number of rotatable bonds is 8. The van der Waals surface area contributed by atoms with Gasteiger partial charge < -0.3 is 0 Å². The van der Waals surface area contributed by atoms with E-state index in [0.29, 0.717) is 17.6 Å². The van der Waals surface area contributed by atoms with Gasteiger partial charge in [-0.15, -0.1) is 5.73 Å². The van der Waals surface area contributed by atoms with Crippen LogP contribution in [0.2, 0.25) is 0 Å². The van der Waals surface area contributed by atoms with E-state index in [1.54, 1.807) is 0 Å². The van der Waals surface area contributed by atoms with Crippen molar-refractivity contribution in [2.24, 2.45) is 0 Å². The number of carbonyl (C=O) groups is 1. The Kier molecular flexibility index (Phi) is 6.94. The third kappa shape index (κ3) is 4.65. The van der Waals surface area contributed by atoms with Crippen LogP contribution < -0.4 is 0 Å². The lowest BCUT2D eigenvalue weighted by molar-refractivity contribution is 0.103. The van der Waals surface area contributed by atoms with Gasteiger partial charge in [-0.25, -0.2) is 0 Å². The zero-order valence-electron chi connectivity index (χ0n) is 16.2. The molecule has 0 amide bonds. The van der Waals surface area contributed by atoms with E-state index in [-0.39, 0.29) is 12.2 Å². The quantitative estimate of drug-likeness (QED) is 0.232. The average molecular weight is 372 g/mol. The van der Waals surface area contributed by atoms with E-state index in [1.165, 1.54) is 0 Å². The number of ketones is 1. The summed E-state index contributed by atoms with van der Waals surface area (Å²) in [7, 11) is 0. The van der Waals surface area contributed by atoms with Crippen molar-refractivity contribution in [2.45, 2.75) is 32.6 Å². The maximum atomic E-state index is 13.4. The second-order valence-corrected chi connectivity index (χ2v) is 6.85. The number of carbonyl (C=O) groups excluding carboxylic acids is 1. The molecule has 0 saturated carbocycles. The molecule has 0 bridgehead atoms. The molecule has 0 N–H and O–H groups in total. The van der Waals surface area contributed by atoms with E-state index in [9.17, 15) is 9.18 Å². The summed E-state index contributed by atoms with van der Waals surface area (Å²) in [5, 5.41) is 2.16. The van der Waals surface area contributed by atoms with Gasteiger partial charge in [0.2, 0.25) is 0 Å². The highest BCUT2D eigenvalue weighted by atomic mass is 19.1. The van der Waals surface area contributed by atoms with Crippen molar-refractivity contribution in [1.82, 2.24) is 0 Å². The fraction of sp³-hybridized carbons (Fsp3) is 0.231. The minimum atomic E-state index is -0.480. The first-order valence-electron chi connectivity index (χ1n) is 9.87. The van der Waals surface area contributed by atoms with Crippen LogP contribution in [0.5, 0.6) is 0 Å². The van der Waals surface area contributed by atoms with Gasteiger partial charge in [-0.05, 0) is 29.2 Å². The summed E-state index contributed by atoms with van der Waals surface area (Å²) in [4.78, 5) is 13.1. The summed E-state index contributed by atoms with van der Waals surface area (Å²) < 4.78 is 13.4. The molecular formula is C26H25FO. The Labute approximate surface area is 166 Å². The van der Waals surface area contributed by atoms with Gasteiger partial charge in [0.25, 0.3) is 0 Å². The monoisotopic (exact) mass is 372 g/mol. The summed E-state index contributed by atoms with van der Waals surface area (Å²) in [6, 6.07) is 23.3. The molecule has 0 aromatic heterocycles. The normalized spacial score (nSPS) is 10.5. The van der Waals surface area contributed by atoms with Crippen LogP contribution in [-0.2, 0) is 0 Å². The number of hydrogen-bond donors (Lipinski definition) is 0. The Morgan fingerprint density at radius 2 is 1.61 bits per heavy atom. The van der Waals surface area contributed by atoms with Gasteiger partial charge in [-0.1, -0.05) is 86.1 Å². The molecule has 3 aromatic rings. The number of alkyl halides is 1. The minimum Gasteiger partial charge on any atom is -0.288 e. The first-order valence-corrected chi connectivity index (χ1v) is 9.87. The third-order valence-electron chi connectivity index (χ3n) is 4.85. The fourth-order valence-electron chi connectivity index (χ4n) is 3.38. The fourth-order valence-corrected chi connectivity index (χ4v) is 3.38. The molecule has 3 aromatic carbocycles. The number of allylic oxidation sites excluding steroid dienone is 1. The molecule has 0 aliphatic carbocycles. The van der Waals surface area contributed by atoms with Crippen LogP contribution in [0, 0.1) is 0 Å². The van der Waals surface area contributed by atoms with Crippen LogP contribution in [0.1, 0.15) is 48.5 Å². The summed E-state index contributed by atoms with van der Waals surface area (Å²) >= 11 is 0. The first-order chi connectivity index (χ1) is 13.7. The van der Waals surface area contributed by atoms with Crippen molar-refractivity contribution in [3.63, 3.8) is 0 Å². The third-order valence-corrected chi connectivity index (χ3v) is 4.85. The maximum Gasteiger partial charge on any atom is 0.196 e. The second kappa shape index (κ2) is 9.82. The van der Waals surface area contributed by atoms with Crippen molar-refractivity contribution in [2.75, 3.05) is 6.67 Å². The zero-order chi connectivity index (χ0) is 19.8. The van der Waals surface area contributed by atoms with Gasteiger partial charge >= 0.3 is 0 Å². The van der Waals surface area contributed by atoms with Crippen LogP contribution >= 0.6 is 0 Å². The number of benzene rings is 3. The van der Waals surface area contributed by atoms with Gasteiger partial charge in [0.1, 0.15) is 0 Å². The minimum absolute atomic E-state index is 0.0226. The highest BCUT2D eigenvalue weighted by Gasteiger charge is 2.13. The number of Topliss-reactive ketones (excluding diaryl/α,β-unsaturated/α-hetero) is 1. The van der Waals surface area contributed by atoms with Crippen LogP contribution in [0.25, 0.3) is 16.3 Å². The standard InChI is InChI=1S/C26H25FO/c1-2-3-10-23(26(28)21-12-5-4-6-13-21)19-22(17-18-27)25-16-9-14-20-11-7-8-15-24(20)25/h4-9,11-16H,2-3,10,17-18H2,1H3. The lowest BCUT2D eigenvalue weighted by Crippen LogP contribution is -2.03. The van der Waals surface area contributed by atoms with E-state index < -0.39 is 6.67 Å². The molecule has 3 rings (SSSR count). The molecule has 0 spiro atoms. The van der Waals surface area contributed by atoms with Crippen molar-refractivity contribution >= 4 is 22.1 Å². The van der Waals surface area contributed by atoms with E-state index in [2.05, 4.69) is 12.7 Å². The molecular weight excluding hydrogens is 347 g/mol. The Hall–Kier alpha value is -2.96. The Morgan fingerprint density at radius 3 is 2.36 bits per heavy atom. The van der Waals surface area contributed by atoms with Gasteiger partial charge in [-0.2, -0.15) is 0 Å². The molecule has 0 aliphatic heterocycles. The Morgan fingerprint density at radius 1 is 0.893 bits per heavy atom. The lowest BCUT2D eigenvalue weighted by Gasteiger charge is -2.10. The molecule has 2 heteroatoms. The summed E-state index contributed by atoms with van der Waals surface area (Å²) in [6.45, 7) is 1.62. The molecule has 0 heterocycles. The van der Waals surface area contributed by atoms with Gasteiger partial charge in [0.05, 0.1) is 6.67 Å². The molecule has 0 saturated heterocycles. The maximum absolute atomic E-state index is 13.4. The molecule has 0 radical (unpaired) electrons. The van der Waals surface area contributed by atoms with E-state index >= 15 is 0 Å². The molecule has 0 atom stereocenters. The summed E-state index contributed by atoms with van der Waals surface area (Å²) in [6.07, 6.45) is 2.77. The predicted octanol–water partition coefficient (Wildman–Crippen LogP) is 7.18. The topological polar surface area (TPSA) is 17.1 Å². The highest BCUT2D eigenvalue weighted by Crippen LogP contribution is 2.28. The Balaban J connectivity index is 2.18. The summed E-state index contributed by atoms with van der Waals surface area (Å²) in [5.41, 5.74) is 6.33. The van der Waals surface area contributed by atoms with Crippen molar-refractivity contribution < 1.29 is 9.18 Å². The Bertz CT molecular complexity index is 1010. The molecule has 0 aliphatic rings. The SMILES string of the molecule is CCCCC(=C=C(CCF)c1cccc2ccccc12)C(=O)c1ccccc1. The van der Waals surface area contributed by atoms with Crippen LogP contribution in [0.3, 0.4) is 0 Å². The van der Waals surface area contributed by atoms with Crippen LogP contribution in [-0.4, -0.2) is 12.5 Å². The number of unbranched alkanes of at least 4 members (excludes halogenated alkanes) is 1. The first kappa shape index (κ1) is 19.8. The van der Waals surface area contributed by atoms with Crippen molar-refractivity contribution in [3.05, 3.63) is 95.2 Å². The lowest BCUT2D eigenvalue weighted by atomic mass is 9.94. The number of fused-ring (bicyclic) bond motifs is 1. The van der Waals surface area contributed by atoms with Crippen molar-refractivity contribution in [3.8, 4) is 0 Å². The van der Waals surface area contributed by atoms with E-state index in [4.69, 9.17) is 0 Å².